The van der Waals surface area contributed by atoms with E-state index in [4.69, 9.17) is 20.1 Å². The summed E-state index contributed by atoms with van der Waals surface area (Å²) < 4.78 is 0. The number of carboxylic acids is 1. The van der Waals surface area contributed by atoms with E-state index in [0.717, 1.165) is 25.7 Å². The molecule has 0 aromatic rings. The number of rotatable bonds is 5. The van der Waals surface area contributed by atoms with Crippen molar-refractivity contribution < 1.29 is 62.6 Å². The van der Waals surface area contributed by atoms with Gasteiger partial charge in [0.25, 0.3) is 0 Å². The molecule has 0 spiro atoms. The molecule has 0 unspecified atom stereocenters. The van der Waals surface area contributed by atoms with Crippen molar-refractivity contribution in [1.82, 2.24) is 0 Å². The number of carboxylic acid groups (broad SMARTS) is 3. The van der Waals surface area contributed by atoms with Gasteiger partial charge < -0.3 is 20.1 Å². The fourth-order valence-electron chi connectivity index (χ4n) is 1.09. The number of hydrogen-bond donors (Lipinski definition) is 1. The minimum Gasteiger partial charge on any atom is -0.652 e. The Balaban J connectivity index is -0.000000105. The third kappa shape index (κ3) is 23.6. The Labute approximate surface area is 120 Å². The van der Waals surface area contributed by atoms with Crippen LogP contribution in [0.15, 0.2) is 0 Å². The van der Waals surface area contributed by atoms with Crippen LogP contribution in [0.25, 0.3) is 0 Å². The van der Waals surface area contributed by atoms with Crippen LogP contribution in [0.4, 0.5) is 4.79 Å². The number of aliphatic carboxylic acids is 1. The molecule has 0 bridgehead atoms. The summed E-state index contributed by atoms with van der Waals surface area (Å²) in [5, 5.41) is 25.3. The molecule has 0 atom stereocenters. The van der Waals surface area contributed by atoms with E-state index in [0.29, 0.717) is 0 Å². The first-order chi connectivity index (χ1) is 6.45. The Morgan fingerprint density at radius 3 is 1.44 bits per heavy atom. The molecule has 0 fully saturated rings. The van der Waals surface area contributed by atoms with Crippen LogP contribution in [-0.4, -0.2) is 17.2 Å². The maximum absolute atomic E-state index is 10.5. The summed E-state index contributed by atoms with van der Waals surface area (Å²) in [5.41, 5.74) is 0. The number of carbonyl (C=O) groups is 2. The van der Waals surface area contributed by atoms with Gasteiger partial charge in [0.15, 0.2) is 0 Å². The summed E-state index contributed by atoms with van der Waals surface area (Å²) in [5.74, 6) is -0.737. The van der Waals surface area contributed by atoms with E-state index in [1.165, 1.54) is 0 Å². The van der Waals surface area contributed by atoms with E-state index in [1.54, 1.807) is 0 Å². The third-order valence-corrected chi connectivity index (χ3v) is 1.62. The van der Waals surface area contributed by atoms with Gasteiger partial charge in [0, 0.05) is 0 Å². The van der Waals surface area contributed by atoms with Gasteiger partial charge >= 0.3 is 43.7 Å². The molecule has 0 aliphatic heterocycles. The zero-order chi connectivity index (χ0) is 11.6. The van der Waals surface area contributed by atoms with Crippen molar-refractivity contribution >= 4 is 12.1 Å². The minimum absolute atomic E-state index is 0. The van der Waals surface area contributed by atoms with Gasteiger partial charge in [-0.1, -0.05) is 26.7 Å². The molecule has 0 aliphatic carbocycles. The zero-order valence-electron chi connectivity index (χ0n) is 10.5. The van der Waals surface area contributed by atoms with Crippen LogP contribution in [0.3, 0.4) is 0 Å². The van der Waals surface area contributed by atoms with Gasteiger partial charge in [0.2, 0.25) is 0 Å². The number of hydrogen-bond acceptors (Lipinski definition) is 4. The van der Waals surface area contributed by atoms with Gasteiger partial charge in [0.1, 0.15) is 0 Å². The van der Waals surface area contributed by atoms with Gasteiger partial charge in [0.05, 0.1) is 5.92 Å². The first kappa shape index (κ1) is 25.0. The molecule has 0 amide bonds. The van der Waals surface area contributed by atoms with Crippen LogP contribution in [0.2, 0.25) is 0 Å². The van der Waals surface area contributed by atoms with E-state index in [1.807, 2.05) is 13.8 Å². The molecule has 1 N–H and O–H groups in total. The van der Waals surface area contributed by atoms with Crippen LogP contribution in [-0.2, 0) is 4.79 Å². The van der Waals surface area contributed by atoms with Crippen molar-refractivity contribution in [2.24, 2.45) is 5.92 Å². The molecule has 0 radical (unpaired) electrons. The molecule has 0 heterocycles. The van der Waals surface area contributed by atoms with E-state index in [9.17, 15) is 4.79 Å². The molecule has 0 rings (SSSR count). The van der Waals surface area contributed by atoms with Crippen LogP contribution in [0.5, 0.6) is 0 Å². The van der Waals surface area contributed by atoms with E-state index in [-0.39, 0.29) is 43.6 Å². The van der Waals surface area contributed by atoms with Crippen molar-refractivity contribution in [1.29, 1.82) is 0 Å². The Morgan fingerprint density at radius 2 is 1.31 bits per heavy atom. The monoisotopic (exact) mass is 218 g/mol. The van der Waals surface area contributed by atoms with Crippen LogP contribution < -0.4 is 47.9 Å². The van der Waals surface area contributed by atoms with Gasteiger partial charge in [-0.2, -0.15) is 0 Å². The third-order valence-electron chi connectivity index (χ3n) is 1.62. The molecule has 0 aromatic heterocycles. The van der Waals surface area contributed by atoms with Gasteiger partial charge in [-0.25, -0.2) is 0 Å². The molecule has 5 nitrogen and oxygen atoms in total. The van der Waals surface area contributed by atoms with Crippen molar-refractivity contribution in [2.75, 3.05) is 0 Å². The fraction of sp³-hybridized carbons (Fsp3) is 0.778. The fourth-order valence-corrected chi connectivity index (χ4v) is 1.09. The Hall–Kier alpha value is -0.0652. The summed E-state index contributed by atoms with van der Waals surface area (Å²) in [7, 11) is 0. The topological polar surface area (TPSA) is 100 Å². The molecular formula is C9H16Li2O5. The quantitative estimate of drug-likeness (QED) is 0.463. The van der Waals surface area contributed by atoms with Crippen molar-refractivity contribution in [3.8, 4) is 0 Å². The zero-order valence-corrected chi connectivity index (χ0v) is 10.5. The molecule has 0 aromatic carbocycles. The minimum atomic E-state index is -2.33. The van der Waals surface area contributed by atoms with Crippen LogP contribution >= 0.6 is 0 Å². The van der Waals surface area contributed by atoms with Crippen LogP contribution in [0, 0.1) is 5.92 Å². The standard InChI is InChI=1S/C8H16O2.CH2O3.2Li/c1-3-5-7(6-4-2)8(9)10;2-1(3)4;;/h7H,3-6H2,1-2H3,(H,9,10);(H2,2,3,4);;/q;;2*+1/p-2. The van der Waals surface area contributed by atoms with Gasteiger partial charge in [-0.3, -0.25) is 4.79 Å². The molecule has 84 valence electrons. The Kier molecular flexibility index (Phi) is 27.0. The molecule has 7 heteroatoms. The normalized spacial score (nSPS) is 7.94. The summed E-state index contributed by atoms with van der Waals surface area (Å²) in [4.78, 5) is 18.8. The smallest absolute Gasteiger partial charge is 0.652 e. The first-order valence-electron chi connectivity index (χ1n) is 4.56. The average Bonchev–Trinajstić information content (AvgIpc) is 2.02. The summed E-state index contributed by atoms with van der Waals surface area (Å²) >= 11 is 0. The number of carbonyl (C=O) groups excluding carboxylic acids is 1. The largest absolute Gasteiger partial charge is 1.00 e. The predicted octanol–water partition coefficient (Wildman–Crippen LogP) is -6.15. The Morgan fingerprint density at radius 1 is 1.06 bits per heavy atom. The average molecular weight is 218 g/mol. The second-order valence-corrected chi connectivity index (χ2v) is 2.86. The van der Waals surface area contributed by atoms with Crippen molar-refractivity contribution in [3.05, 3.63) is 0 Å². The molecular weight excluding hydrogens is 202 g/mol. The molecule has 0 saturated carbocycles. The molecule has 0 aliphatic rings. The van der Waals surface area contributed by atoms with E-state index < -0.39 is 12.1 Å². The summed E-state index contributed by atoms with van der Waals surface area (Å²) in [6.45, 7) is 4.04. The first-order valence-corrected chi connectivity index (χ1v) is 4.56. The van der Waals surface area contributed by atoms with E-state index >= 15 is 0 Å². The van der Waals surface area contributed by atoms with Crippen LogP contribution in [0.1, 0.15) is 39.5 Å². The summed E-state index contributed by atoms with van der Waals surface area (Å²) in [6.07, 6.45) is 1.25. The summed E-state index contributed by atoms with van der Waals surface area (Å²) in [6, 6.07) is 0. The molecule has 0 saturated heterocycles. The van der Waals surface area contributed by atoms with Gasteiger partial charge in [-0.05, 0) is 19.0 Å². The van der Waals surface area contributed by atoms with Crippen molar-refractivity contribution in [2.45, 2.75) is 39.5 Å². The maximum Gasteiger partial charge on any atom is 1.00 e. The maximum atomic E-state index is 10.5. The van der Waals surface area contributed by atoms with Crippen molar-refractivity contribution in [3.63, 3.8) is 0 Å². The predicted molar refractivity (Wildman–Crippen MR) is 46.3 cm³/mol. The SMILES string of the molecule is CCCC(CCC)C(=O)O.O=C([O-])[O-].[Li+].[Li+]. The van der Waals surface area contributed by atoms with E-state index in [2.05, 4.69) is 0 Å². The Bertz CT molecular complexity index is 165. The second-order valence-electron chi connectivity index (χ2n) is 2.86. The van der Waals surface area contributed by atoms with Gasteiger partial charge in [-0.15, -0.1) is 0 Å². The second kappa shape index (κ2) is 17.3. The molecule has 16 heavy (non-hydrogen) atoms.